The molecule has 5 heteroatoms. The first-order valence-electron chi connectivity index (χ1n) is 8.85. The number of hydrogen-bond acceptors (Lipinski definition) is 3. The molecule has 0 saturated heterocycles. The Labute approximate surface area is 141 Å². The highest BCUT2D eigenvalue weighted by atomic mass is 16.4. The minimum Gasteiger partial charge on any atom is -0.481 e. The average Bonchev–Trinajstić information content (AvgIpc) is 2.42. The minimum atomic E-state index is -0.833. The molecule has 0 aliphatic heterocycles. The second-order valence-corrected chi connectivity index (χ2v) is 6.55. The first-order valence-corrected chi connectivity index (χ1v) is 8.85. The van der Waals surface area contributed by atoms with Crippen LogP contribution in [-0.4, -0.2) is 33.4 Å². The summed E-state index contributed by atoms with van der Waals surface area (Å²) in [7, 11) is 0. The predicted octanol–water partition coefficient (Wildman–Crippen LogP) is 4.47. The highest BCUT2D eigenvalue weighted by molar-refractivity contribution is 5.66. The van der Waals surface area contributed by atoms with Crippen LogP contribution in [0.15, 0.2) is 0 Å². The zero-order valence-corrected chi connectivity index (χ0v) is 15.1. The number of aliphatic hydroxyl groups excluding tert-OH is 1. The molecule has 5 nitrogen and oxygen atoms in total. The smallest absolute Gasteiger partial charge is 0.303 e. The van der Waals surface area contributed by atoms with Crippen LogP contribution in [0.1, 0.15) is 91.4 Å². The molecule has 0 radical (unpaired) electrons. The Morgan fingerprint density at radius 3 is 1.57 bits per heavy atom. The Hall–Kier alpha value is -1.10. The van der Waals surface area contributed by atoms with Gasteiger partial charge >= 0.3 is 5.97 Å². The van der Waals surface area contributed by atoms with Gasteiger partial charge in [0.15, 0.2) is 0 Å². The van der Waals surface area contributed by atoms with Gasteiger partial charge in [-0.3, -0.25) is 9.59 Å². The molecule has 0 heterocycles. The van der Waals surface area contributed by atoms with Crippen LogP contribution in [-0.2, 0) is 9.59 Å². The van der Waals surface area contributed by atoms with E-state index in [0.29, 0.717) is 6.42 Å². The SMILES string of the molecule is CC(=O)O.CC(C)CCCCCCCCCC(O)CCC(=O)O. The average molecular weight is 332 g/mol. The van der Waals surface area contributed by atoms with Gasteiger partial charge in [0.25, 0.3) is 5.97 Å². The fourth-order valence-electron chi connectivity index (χ4n) is 2.25. The van der Waals surface area contributed by atoms with Gasteiger partial charge in [0.2, 0.25) is 0 Å². The number of aliphatic hydroxyl groups is 1. The number of hydrogen-bond donors (Lipinski definition) is 3. The van der Waals surface area contributed by atoms with E-state index in [9.17, 15) is 9.90 Å². The second kappa shape index (κ2) is 17.3. The number of carboxylic acid groups (broad SMARTS) is 2. The molecule has 0 amide bonds. The van der Waals surface area contributed by atoms with Crippen molar-refractivity contribution in [3.05, 3.63) is 0 Å². The van der Waals surface area contributed by atoms with E-state index in [1.165, 1.54) is 38.5 Å². The number of unbranched alkanes of at least 4 members (excludes halogenated alkanes) is 6. The van der Waals surface area contributed by atoms with Gasteiger partial charge in [-0.2, -0.15) is 0 Å². The summed E-state index contributed by atoms with van der Waals surface area (Å²) < 4.78 is 0. The normalized spacial score (nSPS) is 11.7. The van der Waals surface area contributed by atoms with Gasteiger partial charge in [-0.25, -0.2) is 0 Å². The third kappa shape index (κ3) is 29.5. The van der Waals surface area contributed by atoms with Crippen LogP contribution in [0.25, 0.3) is 0 Å². The van der Waals surface area contributed by atoms with Gasteiger partial charge in [-0.05, 0) is 18.8 Å². The third-order valence-corrected chi connectivity index (χ3v) is 3.51. The van der Waals surface area contributed by atoms with Crippen molar-refractivity contribution in [3.8, 4) is 0 Å². The first kappa shape index (κ1) is 24.2. The van der Waals surface area contributed by atoms with E-state index < -0.39 is 18.0 Å². The van der Waals surface area contributed by atoms with Crippen molar-refractivity contribution in [2.75, 3.05) is 0 Å². The van der Waals surface area contributed by atoms with Crippen LogP contribution in [0.4, 0.5) is 0 Å². The summed E-state index contributed by atoms with van der Waals surface area (Å²) in [4.78, 5) is 19.3. The van der Waals surface area contributed by atoms with Gasteiger partial charge < -0.3 is 15.3 Å². The Bertz CT molecular complexity index is 285. The van der Waals surface area contributed by atoms with E-state index in [0.717, 1.165) is 32.1 Å². The van der Waals surface area contributed by atoms with Crippen molar-refractivity contribution in [2.24, 2.45) is 5.92 Å². The molecule has 0 aromatic heterocycles. The van der Waals surface area contributed by atoms with E-state index >= 15 is 0 Å². The molecule has 1 unspecified atom stereocenters. The van der Waals surface area contributed by atoms with Crippen molar-refractivity contribution < 1.29 is 24.9 Å². The van der Waals surface area contributed by atoms with E-state index in [1.807, 2.05) is 0 Å². The molecule has 3 N–H and O–H groups in total. The Morgan fingerprint density at radius 2 is 1.17 bits per heavy atom. The maximum absolute atomic E-state index is 10.3. The highest BCUT2D eigenvalue weighted by Crippen LogP contribution is 2.14. The minimum absolute atomic E-state index is 0.0804. The van der Waals surface area contributed by atoms with Gasteiger partial charge in [-0.1, -0.05) is 65.2 Å². The topological polar surface area (TPSA) is 94.8 Å². The summed E-state index contributed by atoms with van der Waals surface area (Å²) in [5.41, 5.74) is 0. The molecule has 23 heavy (non-hydrogen) atoms. The lowest BCUT2D eigenvalue weighted by Crippen LogP contribution is -2.09. The molecule has 0 bridgehead atoms. The van der Waals surface area contributed by atoms with Gasteiger partial charge in [0.05, 0.1) is 6.10 Å². The number of rotatable bonds is 13. The second-order valence-electron chi connectivity index (χ2n) is 6.55. The van der Waals surface area contributed by atoms with E-state index in [2.05, 4.69) is 13.8 Å². The van der Waals surface area contributed by atoms with Crippen LogP contribution in [0.3, 0.4) is 0 Å². The van der Waals surface area contributed by atoms with Crippen molar-refractivity contribution in [2.45, 2.75) is 97.5 Å². The maximum atomic E-state index is 10.3. The molecule has 0 rings (SSSR count). The highest BCUT2D eigenvalue weighted by Gasteiger charge is 2.06. The first-order chi connectivity index (χ1) is 10.8. The van der Waals surface area contributed by atoms with Crippen molar-refractivity contribution >= 4 is 11.9 Å². The van der Waals surface area contributed by atoms with E-state index in [-0.39, 0.29) is 6.42 Å². The summed E-state index contributed by atoms with van der Waals surface area (Å²) in [6.07, 6.45) is 10.9. The zero-order valence-electron chi connectivity index (χ0n) is 15.1. The molecule has 138 valence electrons. The predicted molar refractivity (Wildman–Crippen MR) is 92.6 cm³/mol. The fraction of sp³-hybridized carbons (Fsp3) is 0.889. The largest absolute Gasteiger partial charge is 0.481 e. The molecule has 0 aliphatic carbocycles. The number of aliphatic carboxylic acids is 2. The van der Waals surface area contributed by atoms with Crippen LogP contribution in [0, 0.1) is 5.92 Å². The van der Waals surface area contributed by atoms with Crippen molar-refractivity contribution in [1.29, 1.82) is 0 Å². The molecule has 0 aromatic carbocycles. The molecular formula is C18H36O5. The van der Waals surface area contributed by atoms with E-state index in [1.54, 1.807) is 0 Å². The Kier molecular flexibility index (Phi) is 18.1. The van der Waals surface area contributed by atoms with E-state index in [4.69, 9.17) is 15.0 Å². The Morgan fingerprint density at radius 1 is 0.783 bits per heavy atom. The van der Waals surface area contributed by atoms with Gasteiger partial charge in [0, 0.05) is 13.3 Å². The summed E-state index contributed by atoms with van der Waals surface area (Å²) in [5.74, 6) is -0.826. The fourth-order valence-corrected chi connectivity index (χ4v) is 2.25. The van der Waals surface area contributed by atoms with Gasteiger partial charge in [0.1, 0.15) is 0 Å². The van der Waals surface area contributed by atoms with Crippen molar-refractivity contribution in [1.82, 2.24) is 0 Å². The lowest BCUT2D eigenvalue weighted by atomic mass is 10.0. The quantitative estimate of drug-likeness (QED) is 0.432. The third-order valence-electron chi connectivity index (χ3n) is 3.51. The van der Waals surface area contributed by atoms with Gasteiger partial charge in [-0.15, -0.1) is 0 Å². The molecule has 0 aromatic rings. The summed E-state index contributed by atoms with van der Waals surface area (Å²) in [5, 5.41) is 25.5. The number of carboxylic acids is 2. The molecule has 1 atom stereocenters. The lowest BCUT2D eigenvalue weighted by Gasteiger charge is -2.08. The summed E-state index contributed by atoms with van der Waals surface area (Å²) in [6, 6.07) is 0. The molecular weight excluding hydrogens is 296 g/mol. The van der Waals surface area contributed by atoms with Crippen molar-refractivity contribution in [3.63, 3.8) is 0 Å². The standard InChI is InChI=1S/C16H32O3.C2H4O2/c1-14(2)10-8-6-4-3-5-7-9-11-15(17)12-13-16(18)19;1-2(3)4/h14-15,17H,3-13H2,1-2H3,(H,18,19);1H3,(H,3,4). The van der Waals surface area contributed by atoms with Crippen LogP contribution in [0.2, 0.25) is 0 Å². The monoisotopic (exact) mass is 332 g/mol. The summed E-state index contributed by atoms with van der Waals surface area (Å²) in [6.45, 7) is 5.63. The maximum Gasteiger partial charge on any atom is 0.303 e. The molecule has 0 aliphatic rings. The lowest BCUT2D eigenvalue weighted by molar-refractivity contribution is -0.137. The Balaban J connectivity index is 0. The molecule has 0 spiro atoms. The molecule has 0 fully saturated rings. The summed E-state index contributed by atoms with van der Waals surface area (Å²) >= 11 is 0. The van der Waals surface area contributed by atoms with Crippen LogP contribution in [0.5, 0.6) is 0 Å². The van der Waals surface area contributed by atoms with Crippen LogP contribution < -0.4 is 0 Å². The van der Waals surface area contributed by atoms with Crippen LogP contribution >= 0.6 is 0 Å². The zero-order chi connectivity index (χ0) is 18.1. The molecule has 0 saturated carbocycles. The number of carbonyl (C=O) groups is 2.